The van der Waals surface area contributed by atoms with Gasteiger partial charge in [0.15, 0.2) is 11.4 Å². The standard InChI is InChI=1S/C16H14ClN3O4S/c1-3-24-16(23)7(2)19-15(22)11-12(21)13-9(14(17)20-11)10-8(25-13)5-4-6-18-10/h4-7,21H,3H2,1-2H3,(H,19,22). The summed E-state index contributed by atoms with van der Waals surface area (Å²) in [5, 5.41) is 13.5. The molecule has 0 bridgehead atoms. The molecule has 1 amide bonds. The van der Waals surface area contributed by atoms with Crippen molar-refractivity contribution in [2.45, 2.75) is 19.9 Å². The fourth-order valence-corrected chi connectivity index (χ4v) is 3.78. The Hall–Kier alpha value is -2.45. The van der Waals surface area contributed by atoms with Crippen LogP contribution in [0.15, 0.2) is 18.3 Å². The number of rotatable bonds is 4. The van der Waals surface area contributed by atoms with Crippen LogP contribution in [0, 0.1) is 0 Å². The Morgan fingerprint density at radius 2 is 2.24 bits per heavy atom. The summed E-state index contributed by atoms with van der Waals surface area (Å²) in [6.07, 6.45) is 1.61. The lowest BCUT2D eigenvalue weighted by molar-refractivity contribution is -0.144. The van der Waals surface area contributed by atoms with Crippen molar-refractivity contribution in [3.63, 3.8) is 0 Å². The summed E-state index contributed by atoms with van der Waals surface area (Å²) >= 11 is 7.48. The predicted molar refractivity (Wildman–Crippen MR) is 95.2 cm³/mol. The van der Waals surface area contributed by atoms with E-state index >= 15 is 0 Å². The first kappa shape index (κ1) is 17.4. The lowest BCUT2D eigenvalue weighted by Gasteiger charge is -2.13. The van der Waals surface area contributed by atoms with Gasteiger partial charge in [0.1, 0.15) is 11.2 Å². The molecule has 3 aromatic heterocycles. The summed E-state index contributed by atoms with van der Waals surface area (Å²) < 4.78 is 6.07. The number of ether oxygens (including phenoxy) is 1. The average Bonchev–Trinajstić information content (AvgIpc) is 2.98. The number of aromatic hydroxyl groups is 1. The number of hydrogen-bond acceptors (Lipinski definition) is 7. The van der Waals surface area contributed by atoms with Crippen LogP contribution in [0.5, 0.6) is 5.75 Å². The largest absolute Gasteiger partial charge is 0.504 e. The molecule has 130 valence electrons. The van der Waals surface area contributed by atoms with Gasteiger partial charge in [0, 0.05) is 6.20 Å². The van der Waals surface area contributed by atoms with Crippen LogP contribution in [-0.4, -0.2) is 39.6 Å². The van der Waals surface area contributed by atoms with E-state index in [0.29, 0.717) is 15.6 Å². The van der Waals surface area contributed by atoms with Crippen LogP contribution in [0.3, 0.4) is 0 Å². The number of esters is 1. The number of pyridine rings is 2. The molecule has 7 nitrogen and oxygen atoms in total. The molecule has 0 saturated carbocycles. The minimum Gasteiger partial charge on any atom is -0.504 e. The van der Waals surface area contributed by atoms with E-state index in [1.807, 2.05) is 6.07 Å². The molecule has 0 aliphatic heterocycles. The van der Waals surface area contributed by atoms with Gasteiger partial charge >= 0.3 is 5.97 Å². The molecule has 3 rings (SSSR count). The van der Waals surface area contributed by atoms with Crippen molar-refractivity contribution in [1.82, 2.24) is 15.3 Å². The van der Waals surface area contributed by atoms with E-state index in [2.05, 4.69) is 15.3 Å². The second-order valence-electron chi connectivity index (χ2n) is 5.20. The first-order valence-corrected chi connectivity index (χ1v) is 8.66. The molecule has 0 aliphatic rings. The highest BCUT2D eigenvalue weighted by Gasteiger charge is 2.25. The third kappa shape index (κ3) is 3.10. The van der Waals surface area contributed by atoms with Gasteiger partial charge in [-0.3, -0.25) is 9.78 Å². The minimum absolute atomic E-state index is 0.0617. The van der Waals surface area contributed by atoms with E-state index < -0.39 is 17.9 Å². The monoisotopic (exact) mass is 379 g/mol. The highest BCUT2D eigenvalue weighted by molar-refractivity contribution is 7.26. The van der Waals surface area contributed by atoms with Gasteiger partial charge in [-0.25, -0.2) is 9.78 Å². The van der Waals surface area contributed by atoms with Crippen LogP contribution in [0.4, 0.5) is 0 Å². The Bertz CT molecular complexity index is 988. The molecule has 0 radical (unpaired) electrons. The van der Waals surface area contributed by atoms with E-state index in [1.54, 1.807) is 19.2 Å². The number of aromatic nitrogens is 2. The van der Waals surface area contributed by atoms with Crippen molar-refractivity contribution in [1.29, 1.82) is 0 Å². The Labute approximate surface area is 151 Å². The Kier molecular flexibility index (Phi) is 4.73. The summed E-state index contributed by atoms with van der Waals surface area (Å²) in [4.78, 5) is 32.3. The smallest absolute Gasteiger partial charge is 0.328 e. The lowest BCUT2D eigenvalue weighted by atomic mass is 10.2. The summed E-state index contributed by atoms with van der Waals surface area (Å²) in [5.74, 6) is -1.59. The minimum atomic E-state index is -0.882. The normalized spacial score (nSPS) is 12.3. The zero-order valence-corrected chi connectivity index (χ0v) is 14.9. The van der Waals surface area contributed by atoms with Crippen LogP contribution >= 0.6 is 22.9 Å². The maximum Gasteiger partial charge on any atom is 0.328 e. The highest BCUT2D eigenvalue weighted by atomic mass is 35.5. The summed E-state index contributed by atoms with van der Waals surface area (Å²) in [5.41, 5.74) is 0.363. The number of carbonyl (C=O) groups excluding carboxylic acids is 2. The van der Waals surface area contributed by atoms with Gasteiger partial charge in [0.2, 0.25) is 0 Å². The SMILES string of the molecule is CCOC(=O)C(C)NC(=O)c1nc(Cl)c2c(sc3cccnc32)c1O. The predicted octanol–water partition coefficient (Wildman–Crippen LogP) is 2.88. The molecule has 25 heavy (non-hydrogen) atoms. The molecule has 1 unspecified atom stereocenters. The quantitative estimate of drug-likeness (QED) is 0.534. The van der Waals surface area contributed by atoms with Crippen LogP contribution in [-0.2, 0) is 9.53 Å². The molecular weight excluding hydrogens is 366 g/mol. The first-order valence-electron chi connectivity index (χ1n) is 7.47. The van der Waals surface area contributed by atoms with E-state index in [4.69, 9.17) is 16.3 Å². The Morgan fingerprint density at radius 1 is 1.48 bits per heavy atom. The Morgan fingerprint density at radius 3 is 2.96 bits per heavy atom. The van der Waals surface area contributed by atoms with Crippen LogP contribution in [0.1, 0.15) is 24.3 Å². The molecule has 0 spiro atoms. The fraction of sp³-hybridized carbons (Fsp3) is 0.250. The lowest BCUT2D eigenvalue weighted by Crippen LogP contribution is -2.39. The van der Waals surface area contributed by atoms with Gasteiger partial charge in [-0.15, -0.1) is 11.3 Å². The number of carbonyl (C=O) groups is 2. The second-order valence-corrected chi connectivity index (χ2v) is 6.61. The van der Waals surface area contributed by atoms with Crippen molar-refractivity contribution >= 4 is 55.1 Å². The number of halogens is 1. The summed E-state index contributed by atoms with van der Waals surface area (Å²) in [7, 11) is 0. The number of thiophene rings is 1. The van der Waals surface area contributed by atoms with Gasteiger partial charge in [0.05, 0.1) is 26.9 Å². The molecular formula is C16H14ClN3O4S. The third-order valence-electron chi connectivity index (χ3n) is 3.51. The number of nitrogens with one attached hydrogen (secondary N) is 1. The van der Waals surface area contributed by atoms with E-state index in [-0.39, 0.29) is 23.2 Å². The van der Waals surface area contributed by atoms with Crippen molar-refractivity contribution in [3.05, 3.63) is 29.2 Å². The van der Waals surface area contributed by atoms with Gasteiger partial charge < -0.3 is 15.2 Å². The van der Waals surface area contributed by atoms with E-state index in [9.17, 15) is 14.7 Å². The summed E-state index contributed by atoms with van der Waals surface area (Å²) in [6.45, 7) is 3.36. The maximum absolute atomic E-state index is 12.4. The first-order chi connectivity index (χ1) is 11.9. The second kappa shape index (κ2) is 6.81. The molecule has 3 aromatic rings. The number of hydrogen-bond donors (Lipinski definition) is 2. The van der Waals surface area contributed by atoms with Gasteiger partial charge in [-0.2, -0.15) is 0 Å². The number of nitrogens with zero attached hydrogens (tertiary/aromatic N) is 2. The third-order valence-corrected chi connectivity index (χ3v) is 4.93. The van der Waals surface area contributed by atoms with Gasteiger partial charge in [-0.05, 0) is 26.0 Å². The molecule has 0 aromatic carbocycles. The van der Waals surface area contributed by atoms with Crippen LogP contribution < -0.4 is 5.32 Å². The highest BCUT2D eigenvalue weighted by Crippen LogP contribution is 2.42. The van der Waals surface area contributed by atoms with Gasteiger partial charge in [-0.1, -0.05) is 11.6 Å². The summed E-state index contributed by atoms with van der Waals surface area (Å²) in [6, 6.07) is 2.72. The fourth-order valence-electron chi connectivity index (χ4n) is 2.35. The molecule has 0 aliphatic carbocycles. The van der Waals surface area contributed by atoms with Crippen molar-refractivity contribution < 1.29 is 19.4 Å². The molecule has 0 saturated heterocycles. The molecule has 1 atom stereocenters. The van der Waals surface area contributed by atoms with Gasteiger partial charge in [0.25, 0.3) is 5.91 Å². The molecule has 3 heterocycles. The van der Waals surface area contributed by atoms with Crippen molar-refractivity contribution in [3.8, 4) is 5.75 Å². The molecule has 2 N–H and O–H groups in total. The topological polar surface area (TPSA) is 101 Å². The van der Waals surface area contributed by atoms with E-state index in [0.717, 1.165) is 4.70 Å². The van der Waals surface area contributed by atoms with Crippen molar-refractivity contribution in [2.75, 3.05) is 6.61 Å². The molecule has 0 fully saturated rings. The van der Waals surface area contributed by atoms with Crippen LogP contribution in [0.25, 0.3) is 20.3 Å². The zero-order valence-electron chi connectivity index (χ0n) is 13.4. The molecule has 9 heteroatoms. The number of fused-ring (bicyclic) bond motifs is 3. The number of amides is 1. The van der Waals surface area contributed by atoms with Crippen LogP contribution in [0.2, 0.25) is 5.15 Å². The van der Waals surface area contributed by atoms with Crippen molar-refractivity contribution in [2.24, 2.45) is 0 Å². The van der Waals surface area contributed by atoms with E-state index in [1.165, 1.54) is 18.3 Å². The maximum atomic E-state index is 12.4. The zero-order chi connectivity index (χ0) is 18.1. The average molecular weight is 380 g/mol. The Balaban J connectivity index is 2.02.